The maximum Gasteiger partial charge on any atom is 0.573 e. The zero-order valence-electron chi connectivity index (χ0n) is 19.0. The number of nitrogens with one attached hydrogen (secondary N) is 1. The van der Waals surface area contributed by atoms with Crippen LogP contribution in [0, 0.1) is 0 Å². The van der Waals surface area contributed by atoms with Gasteiger partial charge in [-0.05, 0) is 56.0 Å². The average Bonchev–Trinajstić information content (AvgIpc) is 2.94. The fourth-order valence-corrected chi connectivity index (χ4v) is 4.34. The quantitative estimate of drug-likeness (QED) is 0.705. The molecule has 0 radical (unpaired) electrons. The summed E-state index contributed by atoms with van der Waals surface area (Å²) in [6.45, 7) is 3.31. The van der Waals surface area contributed by atoms with Gasteiger partial charge in [0.2, 0.25) is 0 Å². The van der Waals surface area contributed by atoms with Gasteiger partial charge in [-0.25, -0.2) is 9.80 Å². The Balaban J connectivity index is 1.74. The first-order valence-corrected chi connectivity index (χ1v) is 11.2. The number of ether oxygens (including phenoxy) is 1. The molecule has 1 fully saturated rings. The molecule has 2 aliphatic rings. The molecule has 2 amide bonds. The number of alkyl halides is 3. The smallest absolute Gasteiger partial charge is 0.406 e. The van der Waals surface area contributed by atoms with Gasteiger partial charge >= 0.3 is 12.4 Å². The number of nitrogens with zero attached hydrogens (tertiary/aromatic N) is 3. The van der Waals surface area contributed by atoms with Crippen LogP contribution in [0.2, 0.25) is 0 Å². The Labute approximate surface area is 195 Å². The first kappa shape index (κ1) is 23.9. The van der Waals surface area contributed by atoms with Gasteiger partial charge in [0.25, 0.3) is 0 Å². The van der Waals surface area contributed by atoms with E-state index >= 15 is 0 Å². The lowest BCUT2D eigenvalue weighted by molar-refractivity contribution is -0.274. The predicted molar refractivity (Wildman–Crippen MR) is 122 cm³/mol. The van der Waals surface area contributed by atoms with Gasteiger partial charge in [-0.1, -0.05) is 18.2 Å². The number of fused-ring (bicyclic) bond motifs is 1. The minimum Gasteiger partial charge on any atom is -0.406 e. The lowest BCUT2D eigenvalue weighted by Gasteiger charge is -2.31. The van der Waals surface area contributed by atoms with Gasteiger partial charge in [-0.2, -0.15) is 5.10 Å². The highest BCUT2D eigenvalue weighted by atomic mass is 19.4. The van der Waals surface area contributed by atoms with Crippen molar-refractivity contribution in [2.45, 2.75) is 44.7 Å². The summed E-state index contributed by atoms with van der Waals surface area (Å²) in [6, 6.07) is 11.0. The second-order valence-corrected chi connectivity index (χ2v) is 8.53. The molecule has 0 saturated carbocycles. The number of hydrazone groups is 1. The van der Waals surface area contributed by atoms with Crippen LogP contribution < -0.4 is 15.0 Å². The third kappa shape index (κ3) is 5.27. The number of aliphatic hydroxyl groups is 1. The van der Waals surface area contributed by atoms with Gasteiger partial charge in [-0.15, -0.1) is 13.2 Å². The number of aliphatic hydroxyl groups excluding tert-OH is 1. The van der Waals surface area contributed by atoms with Gasteiger partial charge in [0, 0.05) is 37.0 Å². The standard InChI is InChI=1S/C24H27F3N4O3/c1-15-13-17-5-8-20(34-24(25,26)27)14-21(17)22(29-31(15)23(33)28-2)16-3-6-18(7-4-16)30-11-9-19(32)10-12-30/h3-8,14-15,19,32H,9-13H2,1-2H3,(H,28,33). The maximum atomic E-state index is 12.9. The van der Waals surface area contributed by atoms with E-state index in [0.717, 1.165) is 24.3 Å². The van der Waals surface area contributed by atoms with Crippen LogP contribution in [0.25, 0.3) is 0 Å². The minimum atomic E-state index is -4.82. The maximum absolute atomic E-state index is 12.9. The van der Waals surface area contributed by atoms with E-state index in [1.807, 2.05) is 31.2 Å². The monoisotopic (exact) mass is 476 g/mol. The van der Waals surface area contributed by atoms with Crippen molar-refractivity contribution in [2.24, 2.45) is 5.10 Å². The highest BCUT2D eigenvalue weighted by molar-refractivity contribution is 6.14. The van der Waals surface area contributed by atoms with Crippen LogP contribution in [0.3, 0.4) is 0 Å². The molecule has 0 aliphatic carbocycles. The van der Waals surface area contributed by atoms with Crippen molar-refractivity contribution < 1.29 is 27.8 Å². The van der Waals surface area contributed by atoms with Crippen molar-refractivity contribution >= 4 is 17.4 Å². The lowest BCUT2D eigenvalue weighted by atomic mass is 9.94. The Hall–Kier alpha value is -3.27. The number of piperidine rings is 1. The Morgan fingerprint density at radius 1 is 1.15 bits per heavy atom. The second-order valence-electron chi connectivity index (χ2n) is 8.53. The molecular formula is C24H27F3N4O3. The Morgan fingerprint density at radius 2 is 1.82 bits per heavy atom. The average molecular weight is 476 g/mol. The topological polar surface area (TPSA) is 77.4 Å². The van der Waals surface area contributed by atoms with Crippen LogP contribution in [-0.2, 0) is 6.42 Å². The van der Waals surface area contributed by atoms with Gasteiger partial charge in [0.05, 0.1) is 17.9 Å². The molecule has 182 valence electrons. The molecule has 1 saturated heterocycles. The fourth-order valence-electron chi connectivity index (χ4n) is 4.34. The van der Waals surface area contributed by atoms with Crippen LogP contribution in [0.4, 0.5) is 23.7 Å². The van der Waals surface area contributed by atoms with Crippen LogP contribution >= 0.6 is 0 Å². The van der Waals surface area contributed by atoms with Gasteiger partial charge in [0.15, 0.2) is 0 Å². The van der Waals surface area contributed by atoms with E-state index < -0.39 is 12.4 Å². The number of urea groups is 1. The Kier molecular flexibility index (Phi) is 6.70. The molecule has 1 atom stereocenters. The summed E-state index contributed by atoms with van der Waals surface area (Å²) in [5.74, 6) is -0.344. The van der Waals surface area contributed by atoms with E-state index in [1.165, 1.54) is 24.2 Å². The summed E-state index contributed by atoms with van der Waals surface area (Å²) in [5.41, 5.74) is 3.27. The molecule has 0 spiro atoms. The molecule has 2 N–H and O–H groups in total. The molecule has 0 bridgehead atoms. The van der Waals surface area contributed by atoms with Crippen LogP contribution in [0.5, 0.6) is 5.75 Å². The first-order chi connectivity index (χ1) is 16.1. The molecule has 34 heavy (non-hydrogen) atoms. The highest BCUT2D eigenvalue weighted by Crippen LogP contribution is 2.31. The second kappa shape index (κ2) is 9.54. The van der Waals surface area contributed by atoms with Gasteiger partial charge in [-0.3, -0.25) is 0 Å². The lowest BCUT2D eigenvalue weighted by Crippen LogP contribution is -2.41. The Bertz CT molecular complexity index is 1060. The van der Waals surface area contributed by atoms with Crippen LogP contribution in [0.1, 0.15) is 36.5 Å². The molecule has 7 nitrogen and oxygen atoms in total. The number of amides is 2. The van der Waals surface area contributed by atoms with Crippen molar-refractivity contribution in [3.63, 3.8) is 0 Å². The third-order valence-electron chi connectivity index (χ3n) is 6.10. The highest BCUT2D eigenvalue weighted by Gasteiger charge is 2.32. The number of hydrogen-bond donors (Lipinski definition) is 2. The van der Waals surface area contributed by atoms with E-state index in [-0.39, 0.29) is 17.9 Å². The summed E-state index contributed by atoms with van der Waals surface area (Å²) in [5, 5.41) is 18.2. The van der Waals surface area contributed by atoms with Crippen molar-refractivity contribution in [3.05, 3.63) is 59.2 Å². The van der Waals surface area contributed by atoms with E-state index in [0.29, 0.717) is 36.1 Å². The summed E-state index contributed by atoms with van der Waals surface area (Å²) in [6.07, 6.45) is -3.29. The number of rotatable bonds is 3. The van der Waals surface area contributed by atoms with Crippen molar-refractivity contribution in [2.75, 3.05) is 25.0 Å². The molecule has 2 aliphatic heterocycles. The molecule has 2 heterocycles. The van der Waals surface area contributed by atoms with Crippen molar-refractivity contribution in [1.82, 2.24) is 10.3 Å². The summed E-state index contributed by atoms with van der Waals surface area (Å²) < 4.78 is 42.7. The first-order valence-electron chi connectivity index (χ1n) is 11.2. The molecule has 1 unspecified atom stereocenters. The fraction of sp³-hybridized carbons (Fsp3) is 0.417. The van der Waals surface area contributed by atoms with E-state index in [2.05, 4.69) is 20.1 Å². The van der Waals surface area contributed by atoms with E-state index in [9.17, 15) is 23.1 Å². The summed E-state index contributed by atoms with van der Waals surface area (Å²) in [4.78, 5) is 14.7. The number of halogens is 3. The number of carbonyl (C=O) groups excluding carboxylic acids is 1. The van der Waals surface area contributed by atoms with Crippen LogP contribution in [0.15, 0.2) is 47.6 Å². The molecule has 0 aromatic heterocycles. The molecule has 4 rings (SSSR count). The third-order valence-corrected chi connectivity index (χ3v) is 6.10. The Morgan fingerprint density at radius 3 is 2.44 bits per heavy atom. The predicted octanol–water partition coefficient (Wildman–Crippen LogP) is 3.88. The number of carbonyl (C=O) groups is 1. The molecule has 2 aromatic rings. The largest absolute Gasteiger partial charge is 0.573 e. The summed E-state index contributed by atoms with van der Waals surface area (Å²) in [7, 11) is 1.50. The zero-order chi connectivity index (χ0) is 24.5. The van der Waals surface area contributed by atoms with Crippen molar-refractivity contribution in [3.8, 4) is 5.75 Å². The van der Waals surface area contributed by atoms with Crippen molar-refractivity contribution in [1.29, 1.82) is 0 Å². The number of anilines is 1. The number of hydrogen-bond acceptors (Lipinski definition) is 5. The number of benzene rings is 2. The molecule has 2 aromatic carbocycles. The normalized spacial score (nSPS) is 19.2. The van der Waals surface area contributed by atoms with Gasteiger partial charge in [0.1, 0.15) is 5.75 Å². The zero-order valence-corrected chi connectivity index (χ0v) is 19.0. The van der Waals surface area contributed by atoms with E-state index in [1.54, 1.807) is 6.07 Å². The minimum absolute atomic E-state index is 0.279. The van der Waals surface area contributed by atoms with Gasteiger partial charge < -0.3 is 20.1 Å². The molecular weight excluding hydrogens is 449 g/mol. The van der Waals surface area contributed by atoms with Crippen LogP contribution in [-0.4, -0.2) is 60.5 Å². The SMILES string of the molecule is CNC(=O)N1N=C(c2ccc(N3CCC(O)CC3)cc2)c2cc(OC(F)(F)F)ccc2CC1C. The molecule has 10 heteroatoms. The van der Waals surface area contributed by atoms with E-state index in [4.69, 9.17) is 0 Å². The summed E-state index contributed by atoms with van der Waals surface area (Å²) >= 11 is 0.